The Morgan fingerprint density at radius 2 is 1.92 bits per heavy atom. The Morgan fingerprint density at radius 1 is 1.24 bits per heavy atom. The summed E-state index contributed by atoms with van der Waals surface area (Å²) in [5.74, 6) is 0.572. The molecule has 0 bridgehead atoms. The van der Waals surface area contributed by atoms with Crippen LogP contribution >= 0.6 is 0 Å². The lowest BCUT2D eigenvalue weighted by atomic mass is 10.1. The standard InChI is InChI=1S/C19H22N4O2/c1-13(2)11-23-12-15(8-17(23)24)19(25)22-16-9-20-18(21-10-16)14-6-4-3-5-7-14/h3-7,9-10,13,15H,8,11-12H2,1-2H3,(H,22,25)/t15-/m0/s1. The van der Waals surface area contributed by atoms with Gasteiger partial charge in [0.05, 0.1) is 24.0 Å². The third-order valence-electron chi connectivity index (χ3n) is 4.12. The quantitative estimate of drug-likeness (QED) is 0.909. The molecule has 1 aliphatic rings. The largest absolute Gasteiger partial charge is 0.342 e. The summed E-state index contributed by atoms with van der Waals surface area (Å²) in [6, 6.07) is 9.65. The van der Waals surface area contributed by atoms with Gasteiger partial charge in [-0.15, -0.1) is 0 Å². The van der Waals surface area contributed by atoms with Crippen molar-refractivity contribution in [2.75, 3.05) is 18.4 Å². The molecule has 6 nitrogen and oxygen atoms in total. The van der Waals surface area contributed by atoms with Gasteiger partial charge in [0.1, 0.15) is 0 Å². The minimum atomic E-state index is -0.319. The third kappa shape index (κ3) is 4.21. The van der Waals surface area contributed by atoms with Crippen LogP contribution in [0.3, 0.4) is 0 Å². The topological polar surface area (TPSA) is 75.2 Å². The van der Waals surface area contributed by atoms with Crippen LogP contribution in [0, 0.1) is 11.8 Å². The van der Waals surface area contributed by atoms with E-state index >= 15 is 0 Å². The van der Waals surface area contributed by atoms with E-state index in [-0.39, 0.29) is 24.2 Å². The molecule has 2 aromatic rings. The van der Waals surface area contributed by atoms with Gasteiger partial charge in [0.2, 0.25) is 11.8 Å². The molecule has 1 N–H and O–H groups in total. The SMILES string of the molecule is CC(C)CN1C[C@@H](C(=O)Nc2cnc(-c3ccccc3)nc2)CC1=O. The van der Waals surface area contributed by atoms with Gasteiger partial charge in [0.25, 0.3) is 0 Å². The molecule has 1 aromatic carbocycles. The molecular formula is C19H22N4O2. The first kappa shape index (κ1) is 17.1. The molecule has 0 aliphatic carbocycles. The number of hydrogen-bond donors (Lipinski definition) is 1. The fraction of sp³-hybridized carbons (Fsp3) is 0.368. The summed E-state index contributed by atoms with van der Waals surface area (Å²) in [4.78, 5) is 34.8. The second-order valence-corrected chi connectivity index (χ2v) is 6.74. The van der Waals surface area contributed by atoms with E-state index in [0.717, 1.165) is 5.56 Å². The summed E-state index contributed by atoms with van der Waals surface area (Å²) in [6.45, 7) is 5.29. The number of carbonyl (C=O) groups is 2. The van der Waals surface area contributed by atoms with Crippen molar-refractivity contribution in [3.63, 3.8) is 0 Å². The number of hydrogen-bond acceptors (Lipinski definition) is 4. The number of rotatable bonds is 5. The fourth-order valence-electron chi connectivity index (χ4n) is 2.94. The van der Waals surface area contributed by atoms with E-state index in [9.17, 15) is 9.59 Å². The van der Waals surface area contributed by atoms with Crippen molar-refractivity contribution in [3.8, 4) is 11.4 Å². The molecule has 6 heteroatoms. The zero-order valence-corrected chi connectivity index (χ0v) is 14.5. The molecule has 0 unspecified atom stereocenters. The number of aromatic nitrogens is 2. The van der Waals surface area contributed by atoms with Crippen LogP contribution in [0.4, 0.5) is 5.69 Å². The van der Waals surface area contributed by atoms with Gasteiger partial charge in [-0.2, -0.15) is 0 Å². The van der Waals surface area contributed by atoms with Gasteiger partial charge in [0.15, 0.2) is 5.82 Å². The van der Waals surface area contributed by atoms with Crippen LogP contribution in [-0.2, 0) is 9.59 Å². The maximum absolute atomic E-state index is 12.4. The summed E-state index contributed by atoms with van der Waals surface area (Å²) in [5.41, 5.74) is 1.46. The highest BCUT2D eigenvalue weighted by atomic mass is 16.2. The van der Waals surface area contributed by atoms with Crippen molar-refractivity contribution in [3.05, 3.63) is 42.7 Å². The molecule has 130 valence electrons. The minimum absolute atomic E-state index is 0.0459. The summed E-state index contributed by atoms with van der Waals surface area (Å²) in [7, 11) is 0. The van der Waals surface area contributed by atoms with Gasteiger partial charge in [-0.3, -0.25) is 9.59 Å². The van der Waals surface area contributed by atoms with E-state index in [1.54, 1.807) is 17.3 Å². The zero-order chi connectivity index (χ0) is 17.8. The van der Waals surface area contributed by atoms with Crippen LogP contribution in [0.5, 0.6) is 0 Å². The predicted molar refractivity (Wildman–Crippen MR) is 95.6 cm³/mol. The summed E-state index contributed by atoms with van der Waals surface area (Å²) in [5, 5.41) is 2.81. The Morgan fingerprint density at radius 3 is 2.56 bits per heavy atom. The number of nitrogens with zero attached hydrogens (tertiary/aromatic N) is 3. The Labute approximate surface area is 147 Å². The third-order valence-corrected chi connectivity index (χ3v) is 4.12. The van der Waals surface area contributed by atoms with E-state index in [4.69, 9.17) is 0 Å². The number of nitrogens with one attached hydrogen (secondary N) is 1. The summed E-state index contributed by atoms with van der Waals surface area (Å²) < 4.78 is 0. The molecule has 1 aliphatic heterocycles. The van der Waals surface area contributed by atoms with Crippen molar-refractivity contribution in [2.45, 2.75) is 20.3 Å². The monoisotopic (exact) mass is 338 g/mol. The average Bonchev–Trinajstić information content (AvgIpc) is 2.96. The number of anilines is 1. The zero-order valence-electron chi connectivity index (χ0n) is 14.5. The van der Waals surface area contributed by atoms with Crippen LogP contribution in [0.25, 0.3) is 11.4 Å². The fourth-order valence-corrected chi connectivity index (χ4v) is 2.94. The van der Waals surface area contributed by atoms with Gasteiger partial charge in [0, 0.05) is 25.1 Å². The van der Waals surface area contributed by atoms with Crippen molar-refractivity contribution < 1.29 is 9.59 Å². The molecule has 0 saturated carbocycles. The number of carbonyl (C=O) groups excluding carboxylic acids is 2. The molecule has 1 atom stereocenters. The summed E-state index contributed by atoms with van der Waals surface area (Å²) >= 11 is 0. The molecule has 25 heavy (non-hydrogen) atoms. The lowest BCUT2D eigenvalue weighted by molar-refractivity contribution is -0.128. The van der Waals surface area contributed by atoms with E-state index in [2.05, 4.69) is 29.1 Å². The molecule has 1 saturated heterocycles. The Bertz CT molecular complexity index is 744. The van der Waals surface area contributed by atoms with Crippen LogP contribution in [-0.4, -0.2) is 39.8 Å². The van der Waals surface area contributed by atoms with Crippen molar-refractivity contribution >= 4 is 17.5 Å². The molecule has 0 spiro atoms. The lowest BCUT2D eigenvalue weighted by Gasteiger charge is -2.18. The van der Waals surface area contributed by atoms with E-state index in [1.165, 1.54) is 0 Å². The second kappa shape index (κ2) is 7.42. The Kier molecular flexibility index (Phi) is 5.07. The first-order valence-electron chi connectivity index (χ1n) is 8.49. The maximum Gasteiger partial charge on any atom is 0.229 e. The highest BCUT2D eigenvalue weighted by molar-refractivity contribution is 5.97. The van der Waals surface area contributed by atoms with Crippen molar-refractivity contribution in [1.82, 2.24) is 14.9 Å². The van der Waals surface area contributed by atoms with Gasteiger partial charge in [-0.05, 0) is 5.92 Å². The number of benzene rings is 1. The van der Waals surface area contributed by atoms with Crippen LogP contribution in [0.2, 0.25) is 0 Å². The number of likely N-dealkylation sites (tertiary alicyclic amines) is 1. The molecule has 2 amide bonds. The lowest BCUT2D eigenvalue weighted by Crippen LogP contribution is -2.31. The van der Waals surface area contributed by atoms with Crippen LogP contribution < -0.4 is 5.32 Å². The minimum Gasteiger partial charge on any atom is -0.342 e. The first-order chi connectivity index (χ1) is 12.0. The molecule has 1 fully saturated rings. The molecule has 0 radical (unpaired) electrons. The van der Waals surface area contributed by atoms with Gasteiger partial charge >= 0.3 is 0 Å². The predicted octanol–water partition coefficient (Wildman–Crippen LogP) is 2.59. The average molecular weight is 338 g/mol. The Hall–Kier alpha value is -2.76. The van der Waals surface area contributed by atoms with Gasteiger partial charge < -0.3 is 10.2 Å². The summed E-state index contributed by atoms with van der Waals surface area (Å²) in [6.07, 6.45) is 3.45. The molecule has 1 aromatic heterocycles. The molecular weight excluding hydrogens is 316 g/mol. The van der Waals surface area contributed by atoms with Gasteiger partial charge in [-0.1, -0.05) is 44.2 Å². The van der Waals surface area contributed by atoms with Crippen molar-refractivity contribution in [2.24, 2.45) is 11.8 Å². The van der Waals surface area contributed by atoms with Crippen LogP contribution in [0.1, 0.15) is 20.3 Å². The van der Waals surface area contributed by atoms with Gasteiger partial charge in [-0.25, -0.2) is 9.97 Å². The number of amides is 2. The van der Waals surface area contributed by atoms with Crippen molar-refractivity contribution in [1.29, 1.82) is 0 Å². The first-order valence-corrected chi connectivity index (χ1v) is 8.49. The second-order valence-electron chi connectivity index (χ2n) is 6.74. The van der Waals surface area contributed by atoms with E-state index in [0.29, 0.717) is 30.5 Å². The highest BCUT2D eigenvalue weighted by Crippen LogP contribution is 2.21. The normalized spacial score (nSPS) is 17.2. The maximum atomic E-state index is 12.4. The highest BCUT2D eigenvalue weighted by Gasteiger charge is 2.34. The molecule has 3 rings (SSSR count). The molecule has 2 heterocycles. The smallest absolute Gasteiger partial charge is 0.229 e. The Balaban J connectivity index is 1.61. The van der Waals surface area contributed by atoms with E-state index in [1.807, 2.05) is 30.3 Å². The van der Waals surface area contributed by atoms with Crippen LogP contribution in [0.15, 0.2) is 42.7 Å². The van der Waals surface area contributed by atoms with E-state index < -0.39 is 0 Å².